The Balaban J connectivity index is 0.915. The second-order valence-electron chi connectivity index (χ2n) is 12.4. The number of pyridine rings is 1. The van der Waals surface area contributed by atoms with Gasteiger partial charge in [-0.15, -0.1) is 5.10 Å². The predicted octanol–water partition coefficient (Wildman–Crippen LogP) is 3.66. The normalized spacial score (nSPS) is 15.9. The van der Waals surface area contributed by atoms with E-state index in [0.29, 0.717) is 35.9 Å². The van der Waals surface area contributed by atoms with Gasteiger partial charge in [0.15, 0.2) is 0 Å². The van der Waals surface area contributed by atoms with Crippen LogP contribution in [0.25, 0.3) is 11.4 Å². The molecule has 2 aliphatic rings. The van der Waals surface area contributed by atoms with E-state index in [0.717, 1.165) is 50.1 Å². The van der Waals surface area contributed by atoms with E-state index < -0.39 is 35.6 Å². The molecule has 4 amide bonds. The topological polar surface area (TPSA) is 166 Å². The number of rotatable bonds is 18. The number of hydrogen-bond donors (Lipinski definition) is 1. The number of nitrogens with zero attached hydrogens (tertiary/aromatic N) is 6. The molecule has 0 spiro atoms. The molecule has 260 valence electrons. The number of unbranched alkanes of at least 4 members (excludes halogenated alkanes) is 7. The Hall–Kier alpha value is -4.98. The minimum absolute atomic E-state index is 0.0795. The number of nitrogens with one attached hydrogen (secondary N) is 1. The van der Waals surface area contributed by atoms with E-state index in [4.69, 9.17) is 9.47 Å². The van der Waals surface area contributed by atoms with E-state index >= 15 is 0 Å². The summed E-state index contributed by atoms with van der Waals surface area (Å²) in [6, 6.07) is 7.16. The maximum atomic E-state index is 13.2. The fraction of sp³-hybridized carbons (Fsp3) is 0.486. The molecule has 49 heavy (non-hydrogen) atoms. The average Bonchev–Trinajstić information content (AvgIpc) is 3.68. The van der Waals surface area contributed by atoms with Crippen molar-refractivity contribution in [2.45, 2.75) is 76.8 Å². The Morgan fingerprint density at radius 2 is 1.71 bits per heavy atom. The van der Waals surface area contributed by atoms with Crippen molar-refractivity contribution in [3.8, 4) is 17.1 Å². The molecule has 0 aliphatic carbocycles. The first-order valence-electron chi connectivity index (χ1n) is 16.9. The number of benzene rings is 1. The van der Waals surface area contributed by atoms with Crippen molar-refractivity contribution in [1.29, 1.82) is 0 Å². The minimum Gasteiger partial charge on any atom is -0.493 e. The lowest BCUT2D eigenvalue weighted by atomic mass is 10.0. The molecule has 1 unspecified atom stereocenters. The monoisotopic (exact) mass is 673 g/mol. The van der Waals surface area contributed by atoms with Gasteiger partial charge < -0.3 is 14.4 Å². The number of likely N-dealkylation sites (N-methyl/N-ethyl adjacent to an activating group) is 1. The number of imide groups is 2. The molecule has 14 heteroatoms. The third-order valence-electron chi connectivity index (χ3n) is 8.81. The highest BCUT2D eigenvalue weighted by Crippen LogP contribution is 2.33. The first kappa shape index (κ1) is 35.3. The highest BCUT2D eigenvalue weighted by Gasteiger charge is 2.46. The van der Waals surface area contributed by atoms with Crippen LogP contribution in [0.15, 0.2) is 42.7 Å². The first-order valence-corrected chi connectivity index (χ1v) is 16.9. The molecule has 1 fully saturated rings. The van der Waals surface area contributed by atoms with Crippen LogP contribution in [0.4, 0.5) is 0 Å². The van der Waals surface area contributed by atoms with E-state index in [1.54, 1.807) is 41.2 Å². The van der Waals surface area contributed by atoms with Crippen molar-refractivity contribution in [3.63, 3.8) is 0 Å². The Kier molecular flexibility index (Phi) is 12.2. The van der Waals surface area contributed by atoms with E-state index in [9.17, 15) is 24.0 Å². The molecule has 0 saturated carbocycles. The van der Waals surface area contributed by atoms with E-state index in [-0.39, 0.29) is 24.0 Å². The fourth-order valence-electron chi connectivity index (χ4n) is 6.06. The van der Waals surface area contributed by atoms with Gasteiger partial charge in [0.05, 0.1) is 48.8 Å². The number of carbonyl (C=O) groups is 5. The van der Waals surface area contributed by atoms with Gasteiger partial charge in [-0.05, 0) is 57.1 Å². The van der Waals surface area contributed by atoms with Crippen LogP contribution in [0.3, 0.4) is 0 Å². The third kappa shape index (κ3) is 8.93. The van der Waals surface area contributed by atoms with Crippen LogP contribution in [-0.4, -0.2) is 99.3 Å². The van der Waals surface area contributed by atoms with Gasteiger partial charge in [0.2, 0.25) is 11.8 Å². The SMILES string of the molecule is COC(=O)c1ccnc(-c2cn(CCN(C)CCCCCCCCCCOc3cccc4c3C(=O)N(C3CCC(=O)NC3=O)C4=O)nn2)c1. The number of amides is 4. The summed E-state index contributed by atoms with van der Waals surface area (Å²) in [5, 5.41) is 10.6. The Bertz CT molecular complexity index is 1670. The molecule has 1 saturated heterocycles. The molecule has 1 atom stereocenters. The summed E-state index contributed by atoms with van der Waals surface area (Å²) in [5.74, 6) is -2.19. The number of esters is 1. The standard InChI is InChI=1S/C35H43N7O7/c1-40(19-20-41-23-27(38-39-41)26-22-24(16-17-36-26)35(47)48-2)18-9-7-5-3-4-6-8-10-21-49-29-13-11-12-25-31(29)34(46)42(33(25)45)28-14-15-30(43)37-32(28)44/h11-13,16-17,22-23,28H,3-10,14-15,18-21H2,1-2H3,(H,37,43,44). The van der Waals surface area contributed by atoms with Crippen molar-refractivity contribution in [1.82, 2.24) is 35.1 Å². The highest BCUT2D eigenvalue weighted by molar-refractivity contribution is 6.24. The second-order valence-corrected chi connectivity index (χ2v) is 12.4. The minimum atomic E-state index is -0.996. The molecule has 0 radical (unpaired) electrons. The molecule has 14 nitrogen and oxygen atoms in total. The van der Waals surface area contributed by atoms with Crippen molar-refractivity contribution in [2.75, 3.05) is 33.9 Å². The summed E-state index contributed by atoms with van der Waals surface area (Å²) in [6.45, 7) is 2.98. The molecule has 0 bridgehead atoms. The van der Waals surface area contributed by atoms with Crippen LogP contribution in [0, 0.1) is 0 Å². The van der Waals surface area contributed by atoms with E-state index in [1.165, 1.54) is 26.4 Å². The van der Waals surface area contributed by atoms with Crippen molar-refractivity contribution < 1.29 is 33.4 Å². The third-order valence-corrected chi connectivity index (χ3v) is 8.81. The van der Waals surface area contributed by atoms with Crippen molar-refractivity contribution in [2.24, 2.45) is 0 Å². The van der Waals surface area contributed by atoms with Gasteiger partial charge in [0.1, 0.15) is 17.5 Å². The zero-order valence-electron chi connectivity index (χ0n) is 28.1. The summed E-state index contributed by atoms with van der Waals surface area (Å²) < 4.78 is 12.5. The van der Waals surface area contributed by atoms with Crippen LogP contribution in [0.5, 0.6) is 5.75 Å². The van der Waals surface area contributed by atoms with Gasteiger partial charge in [0.25, 0.3) is 11.8 Å². The molecule has 4 heterocycles. The number of methoxy groups -OCH3 is 1. The number of carbonyl (C=O) groups excluding carboxylic acids is 5. The summed E-state index contributed by atoms with van der Waals surface area (Å²) in [6.07, 6.45) is 12.3. The fourth-order valence-corrected chi connectivity index (χ4v) is 6.06. The van der Waals surface area contributed by atoms with Crippen LogP contribution in [0.2, 0.25) is 0 Å². The van der Waals surface area contributed by atoms with Crippen molar-refractivity contribution in [3.05, 3.63) is 59.4 Å². The molecule has 3 aromatic rings. The van der Waals surface area contributed by atoms with Gasteiger partial charge >= 0.3 is 5.97 Å². The lowest BCUT2D eigenvalue weighted by Gasteiger charge is -2.27. The summed E-state index contributed by atoms with van der Waals surface area (Å²) in [7, 11) is 3.45. The van der Waals surface area contributed by atoms with E-state index in [1.807, 2.05) is 6.20 Å². The summed E-state index contributed by atoms with van der Waals surface area (Å²) in [4.78, 5) is 69.3. The van der Waals surface area contributed by atoms with Gasteiger partial charge in [-0.3, -0.25) is 39.1 Å². The summed E-state index contributed by atoms with van der Waals surface area (Å²) in [5.41, 5.74) is 2.01. The highest BCUT2D eigenvalue weighted by atomic mass is 16.5. The molecule has 1 aromatic carbocycles. The Morgan fingerprint density at radius 3 is 2.47 bits per heavy atom. The molecular weight excluding hydrogens is 630 g/mol. The molecular formula is C35H43N7O7. The number of fused-ring (bicyclic) bond motifs is 1. The number of aromatic nitrogens is 4. The quantitative estimate of drug-likeness (QED) is 0.119. The Morgan fingerprint density at radius 1 is 0.959 bits per heavy atom. The first-order chi connectivity index (χ1) is 23.8. The average molecular weight is 674 g/mol. The second kappa shape index (κ2) is 16.9. The number of piperidine rings is 1. The number of hydrogen-bond acceptors (Lipinski definition) is 11. The summed E-state index contributed by atoms with van der Waals surface area (Å²) >= 11 is 0. The number of ether oxygens (including phenoxy) is 2. The van der Waals surface area contributed by atoms with Gasteiger partial charge in [-0.1, -0.05) is 49.8 Å². The largest absolute Gasteiger partial charge is 0.493 e. The van der Waals surface area contributed by atoms with Gasteiger partial charge in [0, 0.05) is 19.2 Å². The zero-order chi connectivity index (χ0) is 34.8. The lowest BCUT2D eigenvalue weighted by molar-refractivity contribution is -0.136. The molecule has 2 aromatic heterocycles. The van der Waals surface area contributed by atoms with Gasteiger partial charge in [-0.25, -0.2) is 4.79 Å². The molecule has 2 aliphatic heterocycles. The Labute approximate surface area is 285 Å². The van der Waals surface area contributed by atoms with Crippen LogP contribution in [0.1, 0.15) is 95.3 Å². The van der Waals surface area contributed by atoms with Crippen molar-refractivity contribution >= 4 is 29.6 Å². The maximum absolute atomic E-state index is 13.2. The molecule has 1 N–H and O–H groups in total. The van der Waals surface area contributed by atoms with Crippen LogP contribution < -0.4 is 10.1 Å². The van der Waals surface area contributed by atoms with Crippen LogP contribution >= 0.6 is 0 Å². The zero-order valence-corrected chi connectivity index (χ0v) is 28.1. The lowest BCUT2D eigenvalue weighted by Crippen LogP contribution is -2.54. The van der Waals surface area contributed by atoms with Crippen LogP contribution in [-0.2, 0) is 20.9 Å². The predicted molar refractivity (Wildman–Crippen MR) is 178 cm³/mol. The molecule has 5 rings (SSSR count). The maximum Gasteiger partial charge on any atom is 0.337 e. The smallest absolute Gasteiger partial charge is 0.337 e. The van der Waals surface area contributed by atoms with E-state index in [2.05, 4.69) is 32.6 Å². The van der Waals surface area contributed by atoms with Gasteiger partial charge in [-0.2, -0.15) is 0 Å².